The van der Waals surface area contributed by atoms with Crippen molar-refractivity contribution in [3.63, 3.8) is 0 Å². The predicted octanol–water partition coefficient (Wildman–Crippen LogP) is 3.88. The van der Waals surface area contributed by atoms with Crippen LogP contribution in [0, 0.1) is 6.92 Å². The molecule has 4 nitrogen and oxygen atoms in total. The van der Waals surface area contributed by atoms with E-state index in [4.69, 9.17) is 4.74 Å². The molecule has 1 aromatic carbocycles. The van der Waals surface area contributed by atoms with Crippen molar-refractivity contribution in [2.75, 3.05) is 13.1 Å². The monoisotopic (exact) mass is 337 g/mol. The van der Waals surface area contributed by atoms with E-state index in [2.05, 4.69) is 53.8 Å². The number of aromatic nitrogens is 2. The van der Waals surface area contributed by atoms with Crippen LogP contribution in [0.3, 0.4) is 0 Å². The molecule has 25 heavy (non-hydrogen) atoms. The molecule has 0 aliphatic carbocycles. The zero-order valence-electron chi connectivity index (χ0n) is 15.5. The van der Waals surface area contributed by atoms with Gasteiger partial charge in [0.25, 0.3) is 0 Å². The van der Waals surface area contributed by atoms with Gasteiger partial charge in [-0.1, -0.05) is 12.1 Å². The summed E-state index contributed by atoms with van der Waals surface area (Å²) in [6, 6.07) is 6.71. The first-order chi connectivity index (χ1) is 12.0. The van der Waals surface area contributed by atoms with E-state index in [-0.39, 0.29) is 5.60 Å². The smallest absolute Gasteiger partial charge is 0.123 e. The van der Waals surface area contributed by atoms with Gasteiger partial charge in [0.05, 0.1) is 0 Å². The molecule has 1 aromatic heterocycles. The van der Waals surface area contributed by atoms with Crippen LogP contribution in [0.5, 0.6) is 5.75 Å². The minimum absolute atomic E-state index is 0.0608. The largest absolute Gasteiger partial charge is 0.487 e. The van der Waals surface area contributed by atoms with E-state index in [1.165, 1.54) is 35.2 Å². The van der Waals surface area contributed by atoms with Crippen LogP contribution in [-0.4, -0.2) is 33.6 Å². The number of rotatable bonds is 3. The molecule has 4 rings (SSSR count). The summed E-state index contributed by atoms with van der Waals surface area (Å²) in [7, 11) is 0. The molecular formula is C21H27N3O. The van der Waals surface area contributed by atoms with Crippen LogP contribution < -0.4 is 4.74 Å². The Labute approximate surface area is 150 Å². The number of benzene rings is 1. The molecule has 132 valence electrons. The molecule has 0 unspecified atom stereocenters. The lowest BCUT2D eigenvalue weighted by molar-refractivity contribution is 0.138. The number of nitrogens with zero attached hydrogens (tertiary/aromatic N) is 3. The lowest BCUT2D eigenvalue weighted by Crippen LogP contribution is -2.33. The van der Waals surface area contributed by atoms with E-state index in [0.29, 0.717) is 5.92 Å². The van der Waals surface area contributed by atoms with Crippen molar-refractivity contribution < 1.29 is 4.74 Å². The second-order valence-electron chi connectivity index (χ2n) is 8.12. The van der Waals surface area contributed by atoms with Crippen molar-refractivity contribution in [3.05, 3.63) is 53.1 Å². The van der Waals surface area contributed by atoms with Gasteiger partial charge in [0.2, 0.25) is 0 Å². The Morgan fingerprint density at radius 1 is 1.24 bits per heavy atom. The van der Waals surface area contributed by atoms with Crippen molar-refractivity contribution in [2.45, 2.75) is 58.1 Å². The SMILES string of the molecule is Cc1cncnc1C1CCN(Cc2ccc3c(c2)CC(C)(C)O3)CC1. The average Bonchev–Trinajstić information content (AvgIpc) is 2.89. The van der Waals surface area contributed by atoms with Gasteiger partial charge in [-0.3, -0.25) is 4.90 Å². The first-order valence-corrected chi connectivity index (χ1v) is 9.30. The summed E-state index contributed by atoms with van der Waals surface area (Å²) in [5, 5.41) is 0. The van der Waals surface area contributed by atoms with Gasteiger partial charge in [-0.15, -0.1) is 0 Å². The van der Waals surface area contributed by atoms with E-state index in [1.54, 1.807) is 6.33 Å². The van der Waals surface area contributed by atoms with Crippen LogP contribution >= 0.6 is 0 Å². The number of aryl methyl sites for hydroxylation is 1. The highest BCUT2D eigenvalue weighted by Crippen LogP contribution is 2.36. The van der Waals surface area contributed by atoms with Crippen molar-refractivity contribution in [1.82, 2.24) is 14.9 Å². The maximum Gasteiger partial charge on any atom is 0.123 e. The third kappa shape index (κ3) is 3.54. The van der Waals surface area contributed by atoms with Crippen molar-refractivity contribution in [2.24, 2.45) is 0 Å². The zero-order valence-corrected chi connectivity index (χ0v) is 15.5. The molecule has 1 saturated heterocycles. The molecule has 4 heteroatoms. The lowest BCUT2D eigenvalue weighted by atomic mass is 9.91. The summed E-state index contributed by atoms with van der Waals surface area (Å²) < 4.78 is 5.99. The van der Waals surface area contributed by atoms with Crippen molar-refractivity contribution in [3.8, 4) is 5.75 Å². The van der Waals surface area contributed by atoms with E-state index in [9.17, 15) is 0 Å². The number of hydrogen-bond acceptors (Lipinski definition) is 4. The fraction of sp³-hybridized carbons (Fsp3) is 0.524. The zero-order chi connectivity index (χ0) is 17.4. The van der Waals surface area contributed by atoms with Gasteiger partial charge in [0, 0.05) is 30.8 Å². The van der Waals surface area contributed by atoms with Gasteiger partial charge in [0.15, 0.2) is 0 Å². The van der Waals surface area contributed by atoms with Crippen molar-refractivity contribution >= 4 is 0 Å². The van der Waals surface area contributed by atoms with Gasteiger partial charge >= 0.3 is 0 Å². The molecule has 0 atom stereocenters. The van der Waals surface area contributed by atoms with Gasteiger partial charge in [-0.05, 0) is 69.5 Å². The highest BCUT2D eigenvalue weighted by molar-refractivity contribution is 5.41. The van der Waals surface area contributed by atoms with Gasteiger partial charge in [-0.2, -0.15) is 0 Å². The molecule has 0 radical (unpaired) electrons. The number of hydrogen-bond donors (Lipinski definition) is 0. The Hall–Kier alpha value is -1.94. The minimum Gasteiger partial charge on any atom is -0.487 e. The highest BCUT2D eigenvalue weighted by atomic mass is 16.5. The second-order valence-corrected chi connectivity index (χ2v) is 8.12. The summed E-state index contributed by atoms with van der Waals surface area (Å²) in [5.74, 6) is 1.64. The topological polar surface area (TPSA) is 38.2 Å². The standard InChI is InChI=1S/C21H27N3O/c1-15-12-22-14-23-20(15)17-6-8-24(9-7-17)13-16-4-5-19-18(10-16)11-21(2,3)25-19/h4-5,10,12,14,17H,6-9,11,13H2,1-3H3. The molecule has 2 aromatic rings. The highest BCUT2D eigenvalue weighted by Gasteiger charge is 2.30. The first kappa shape index (κ1) is 16.5. The number of fused-ring (bicyclic) bond motifs is 1. The van der Waals surface area contributed by atoms with Crippen LogP contribution in [0.1, 0.15) is 55.0 Å². The Kier molecular flexibility index (Phi) is 4.24. The average molecular weight is 337 g/mol. The predicted molar refractivity (Wildman–Crippen MR) is 98.9 cm³/mol. The Morgan fingerprint density at radius 2 is 2.04 bits per heavy atom. The molecule has 2 aliphatic rings. The Balaban J connectivity index is 1.38. The molecule has 0 N–H and O–H groups in total. The van der Waals surface area contributed by atoms with Crippen LogP contribution in [0.4, 0.5) is 0 Å². The van der Waals surface area contributed by atoms with E-state index in [0.717, 1.165) is 31.8 Å². The molecular weight excluding hydrogens is 310 g/mol. The Bertz CT molecular complexity index is 763. The first-order valence-electron chi connectivity index (χ1n) is 9.30. The van der Waals surface area contributed by atoms with Gasteiger partial charge in [0.1, 0.15) is 17.7 Å². The molecule has 0 bridgehead atoms. The summed E-state index contributed by atoms with van der Waals surface area (Å²) in [4.78, 5) is 11.2. The fourth-order valence-electron chi connectivity index (χ4n) is 4.22. The van der Waals surface area contributed by atoms with Crippen LogP contribution in [0.25, 0.3) is 0 Å². The second kappa shape index (κ2) is 6.41. The summed E-state index contributed by atoms with van der Waals surface area (Å²) >= 11 is 0. The van der Waals surface area contributed by atoms with Crippen LogP contribution in [0.15, 0.2) is 30.7 Å². The summed E-state index contributed by atoms with van der Waals surface area (Å²) in [5.41, 5.74) is 5.16. The third-order valence-corrected chi connectivity index (χ3v) is 5.44. The lowest BCUT2D eigenvalue weighted by Gasteiger charge is -2.32. The fourth-order valence-corrected chi connectivity index (χ4v) is 4.22. The molecule has 3 heterocycles. The molecule has 0 spiro atoms. The third-order valence-electron chi connectivity index (χ3n) is 5.44. The normalized spacial score (nSPS) is 20.3. The quantitative estimate of drug-likeness (QED) is 0.852. The number of piperidine rings is 1. The van der Waals surface area contributed by atoms with E-state index < -0.39 is 0 Å². The summed E-state index contributed by atoms with van der Waals surface area (Å²) in [6.07, 6.45) is 6.98. The maximum atomic E-state index is 5.99. The van der Waals surface area contributed by atoms with Gasteiger partial charge < -0.3 is 4.74 Å². The number of ether oxygens (including phenoxy) is 1. The van der Waals surface area contributed by atoms with Crippen molar-refractivity contribution in [1.29, 1.82) is 0 Å². The van der Waals surface area contributed by atoms with Gasteiger partial charge in [-0.25, -0.2) is 9.97 Å². The number of likely N-dealkylation sites (tertiary alicyclic amines) is 1. The molecule has 0 saturated carbocycles. The maximum absolute atomic E-state index is 5.99. The molecule has 2 aliphatic heterocycles. The van der Waals surface area contributed by atoms with Crippen LogP contribution in [0.2, 0.25) is 0 Å². The minimum atomic E-state index is -0.0608. The summed E-state index contributed by atoms with van der Waals surface area (Å²) in [6.45, 7) is 9.73. The molecule has 0 amide bonds. The van der Waals surface area contributed by atoms with E-state index >= 15 is 0 Å². The Morgan fingerprint density at radius 3 is 2.80 bits per heavy atom. The van der Waals surface area contributed by atoms with Crippen LogP contribution in [-0.2, 0) is 13.0 Å². The van der Waals surface area contributed by atoms with E-state index in [1.807, 2.05) is 6.20 Å². The molecule has 1 fully saturated rings.